The molecule has 5 nitrogen and oxygen atoms in total. The van der Waals surface area contributed by atoms with Crippen molar-refractivity contribution in [2.75, 3.05) is 0 Å². The topological polar surface area (TPSA) is 72.8 Å². The largest absolute Gasteiger partial charge is 0.458 e. The Kier molecular flexibility index (Phi) is 4.40. The Labute approximate surface area is 148 Å². The van der Waals surface area contributed by atoms with Gasteiger partial charge >= 0.3 is 11.9 Å². The lowest BCUT2D eigenvalue weighted by molar-refractivity contribution is -0.153. The van der Waals surface area contributed by atoms with Gasteiger partial charge in [-0.05, 0) is 45.6 Å². The first-order valence-corrected chi connectivity index (χ1v) is 8.82. The molecule has 1 saturated carbocycles. The molecule has 1 saturated heterocycles. The Morgan fingerprint density at radius 1 is 1.48 bits per heavy atom. The van der Waals surface area contributed by atoms with Gasteiger partial charge in [-0.15, -0.1) is 0 Å². The van der Waals surface area contributed by atoms with Crippen LogP contribution >= 0.6 is 0 Å². The minimum absolute atomic E-state index is 0.350. The molecular formula is C20H26O5. The van der Waals surface area contributed by atoms with Crippen LogP contribution in [0.3, 0.4) is 0 Å². The van der Waals surface area contributed by atoms with Crippen molar-refractivity contribution < 1.29 is 24.2 Å². The van der Waals surface area contributed by atoms with Crippen LogP contribution < -0.4 is 0 Å². The van der Waals surface area contributed by atoms with Gasteiger partial charge in [0.15, 0.2) is 0 Å². The Hall–Kier alpha value is -1.88. The van der Waals surface area contributed by atoms with Gasteiger partial charge in [0.25, 0.3) is 0 Å². The third-order valence-electron chi connectivity index (χ3n) is 6.15. The lowest BCUT2D eigenvalue weighted by Crippen LogP contribution is -2.53. The summed E-state index contributed by atoms with van der Waals surface area (Å²) in [5.41, 5.74) is 2.35. The van der Waals surface area contributed by atoms with E-state index >= 15 is 0 Å². The molecule has 1 heterocycles. The van der Waals surface area contributed by atoms with Crippen LogP contribution in [-0.2, 0) is 19.1 Å². The number of carbonyl (C=O) groups is 2. The number of esters is 2. The zero-order valence-corrected chi connectivity index (χ0v) is 15.3. The third-order valence-corrected chi connectivity index (χ3v) is 6.15. The van der Waals surface area contributed by atoms with Crippen molar-refractivity contribution in [1.82, 2.24) is 0 Å². The molecule has 2 fully saturated rings. The standard InChI is InChI=1S/C20H26O5/c1-6-10(2)18(22)25-17-15-12(4)19(23)24-13(15)9-20(5)14(21)8-7-11(3)16(17)20/h6,13-15,17,21H,4,7-9H2,1-3,5H3/b10-6+/t13-,14-,15-,17-,20+/m1/s1. The predicted molar refractivity (Wildman–Crippen MR) is 92.5 cm³/mol. The van der Waals surface area contributed by atoms with Gasteiger partial charge in [-0.2, -0.15) is 0 Å². The van der Waals surface area contributed by atoms with E-state index in [1.165, 1.54) is 0 Å². The highest BCUT2D eigenvalue weighted by Crippen LogP contribution is 2.55. The number of ether oxygens (including phenoxy) is 2. The molecule has 1 N–H and O–H groups in total. The zero-order valence-electron chi connectivity index (χ0n) is 15.3. The Morgan fingerprint density at radius 2 is 2.16 bits per heavy atom. The van der Waals surface area contributed by atoms with Crippen molar-refractivity contribution in [1.29, 1.82) is 0 Å². The highest BCUT2D eigenvalue weighted by molar-refractivity contribution is 5.92. The normalized spacial score (nSPS) is 38.2. The van der Waals surface area contributed by atoms with Gasteiger partial charge in [0.2, 0.25) is 0 Å². The Morgan fingerprint density at radius 3 is 2.80 bits per heavy atom. The molecule has 0 aromatic heterocycles. The van der Waals surface area contributed by atoms with Gasteiger partial charge in [-0.3, -0.25) is 0 Å². The van der Waals surface area contributed by atoms with Crippen molar-refractivity contribution >= 4 is 11.9 Å². The summed E-state index contributed by atoms with van der Waals surface area (Å²) in [6.45, 7) is 11.4. The van der Waals surface area contributed by atoms with Crippen molar-refractivity contribution in [2.45, 2.75) is 65.3 Å². The summed E-state index contributed by atoms with van der Waals surface area (Å²) in [5.74, 6) is -1.23. The van der Waals surface area contributed by atoms with Gasteiger partial charge in [0.05, 0.1) is 12.0 Å². The number of carbonyl (C=O) groups excluding carboxylic acids is 2. The van der Waals surface area contributed by atoms with Crippen LogP contribution in [0.4, 0.5) is 0 Å². The number of aliphatic hydroxyl groups is 1. The highest BCUT2D eigenvalue weighted by Gasteiger charge is 2.59. The van der Waals surface area contributed by atoms with Gasteiger partial charge in [-0.1, -0.05) is 25.2 Å². The first kappa shape index (κ1) is 17.9. The molecule has 3 aliphatic rings. The lowest BCUT2D eigenvalue weighted by Gasteiger charge is -2.50. The van der Waals surface area contributed by atoms with Crippen molar-refractivity contribution in [3.63, 3.8) is 0 Å². The molecule has 0 spiro atoms. The molecule has 0 aromatic carbocycles. The summed E-state index contributed by atoms with van der Waals surface area (Å²) in [4.78, 5) is 24.5. The molecule has 5 atom stereocenters. The number of hydrogen-bond donors (Lipinski definition) is 1. The second kappa shape index (κ2) is 6.13. The van der Waals surface area contributed by atoms with E-state index in [0.717, 1.165) is 17.6 Å². The Balaban J connectivity index is 2.09. The Bertz CT molecular complexity index is 701. The predicted octanol–water partition coefficient (Wildman–Crippen LogP) is 2.84. The summed E-state index contributed by atoms with van der Waals surface area (Å²) in [7, 11) is 0. The van der Waals surface area contributed by atoms with E-state index in [2.05, 4.69) is 6.58 Å². The number of allylic oxidation sites excluding steroid dienone is 2. The second-order valence-corrected chi connectivity index (χ2v) is 7.66. The summed E-state index contributed by atoms with van der Waals surface area (Å²) >= 11 is 0. The average Bonchev–Trinajstić information content (AvgIpc) is 2.84. The number of aliphatic hydroxyl groups excluding tert-OH is 1. The van der Waals surface area contributed by atoms with Crippen LogP contribution in [0.1, 0.15) is 47.0 Å². The molecule has 0 amide bonds. The summed E-state index contributed by atoms with van der Waals surface area (Å²) < 4.78 is 11.4. The molecule has 0 unspecified atom stereocenters. The van der Waals surface area contributed by atoms with Crippen LogP contribution in [0.25, 0.3) is 0 Å². The molecule has 1 aliphatic heterocycles. The molecule has 2 aliphatic carbocycles. The lowest BCUT2D eigenvalue weighted by atomic mass is 9.57. The maximum absolute atomic E-state index is 12.5. The molecule has 5 heteroatoms. The minimum atomic E-state index is -0.625. The highest BCUT2D eigenvalue weighted by atomic mass is 16.6. The maximum atomic E-state index is 12.5. The molecule has 25 heavy (non-hydrogen) atoms. The monoisotopic (exact) mass is 346 g/mol. The van der Waals surface area contributed by atoms with E-state index in [4.69, 9.17) is 9.47 Å². The zero-order chi connectivity index (χ0) is 18.5. The van der Waals surface area contributed by atoms with Crippen LogP contribution in [-0.4, -0.2) is 35.4 Å². The maximum Gasteiger partial charge on any atom is 0.334 e. The van der Waals surface area contributed by atoms with Crippen LogP contribution in [0.2, 0.25) is 0 Å². The summed E-state index contributed by atoms with van der Waals surface area (Å²) in [6.07, 6.45) is 2.03. The first-order valence-electron chi connectivity index (χ1n) is 8.82. The van der Waals surface area contributed by atoms with Crippen molar-refractivity contribution in [3.05, 3.63) is 34.9 Å². The van der Waals surface area contributed by atoms with Gasteiger partial charge in [-0.25, -0.2) is 9.59 Å². The van der Waals surface area contributed by atoms with E-state index in [1.54, 1.807) is 19.9 Å². The number of hydrogen-bond acceptors (Lipinski definition) is 5. The fourth-order valence-electron chi connectivity index (χ4n) is 4.54. The molecular weight excluding hydrogens is 320 g/mol. The average molecular weight is 346 g/mol. The van der Waals surface area contributed by atoms with Gasteiger partial charge < -0.3 is 14.6 Å². The second-order valence-electron chi connectivity index (χ2n) is 7.66. The number of rotatable bonds is 2. The SMILES string of the molecule is C=C1C(=O)O[C@@H]2C[C@]3(C)C(=C(C)CC[C@H]3O)[C@H](OC(=O)/C(C)=C/C)[C@H]12. The third kappa shape index (κ3) is 2.65. The fraction of sp³-hybridized carbons (Fsp3) is 0.600. The molecule has 3 rings (SSSR count). The van der Waals surface area contributed by atoms with E-state index in [0.29, 0.717) is 24.0 Å². The van der Waals surface area contributed by atoms with Crippen molar-refractivity contribution in [2.24, 2.45) is 11.3 Å². The molecule has 0 radical (unpaired) electrons. The molecule has 0 aromatic rings. The van der Waals surface area contributed by atoms with Crippen molar-refractivity contribution in [3.8, 4) is 0 Å². The van der Waals surface area contributed by atoms with E-state index in [-0.39, 0.29) is 5.92 Å². The minimum Gasteiger partial charge on any atom is -0.458 e. The van der Waals surface area contributed by atoms with Gasteiger partial charge in [0, 0.05) is 16.6 Å². The summed E-state index contributed by atoms with van der Waals surface area (Å²) in [6, 6.07) is 0. The van der Waals surface area contributed by atoms with E-state index in [9.17, 15) is 14.7 Å². The van der Waals surface area contributed by atoms with Crippen LogP contribution in [0.15, 0.2) is 34.9 Å². The first-order chi connectivity index (χ1) is 11.7. The van der Waals surface area contributed by atoms with Gasteiger partial charge in [0.1, 0.15) is 12.2 Å². The molecule has 136 valence electrons. The smallest absolute Gasteiger partial charge is 0.334 e. The number of fused-ring (bicyclic) bond motifs is 2. The van der Waals surface area contributed by atoms with Crippen LogP contribution in [0, 0.1) is 11.3 Å². The molecule has 0 bridgehead atoms. The van der Waals surface area contributed by atoms with E-state index < -0.39 is 35.7 Å². The fourth-order valence-corrected chi connectivity index (χ4v) is 4.54. The van der Waals surface area contributed by atoms with E-state index in [1.807, 2.05) is 13.8 Å². The summed E-state index contributed by atoms with van der Waals surface area (Å²) in [5, 5.41) is 10.7. The quantitative estimate of drug-likeness (QED) is 0.473. The van der Waals surface area contributed by atoms with Crippen LogP contribution in [0.5, 0.6) is 0 Å².